The number of hydrogen-bond acceptors (Lipinski definition) is 5. The molecule has 5 heteroatoms. The molecule has 0 bridgehead atoms. The molecule has 2 rings (SSSR count). The van der Waals surface area contributed by atoms with E-state index in [0.29, 0.717) is 0 Å². The highest BCUT2D eigenvalue weighted by atomic mass is 32.2. The average molecular weight is 252 g/mol. The molecule has 2 aromatic rings. The van der Waals surface area contributed by atoms with Gasteiger partial charge in [0.2, 0.25) is 0 Å². The summed E-state index contributed by atoms with van der Waals surface area (Å²) in [6, 6.07) is 5.14. The van der Waals surface area contributed by atoms with Gasteiger partial charge in [-0.3, -0.25) is 0 Å². The first-order valence-corrected chi connectivity index (χ1v) is 6.47. The Kier molecular flexibility index (Phi) is 3.18. The topological polar surface area (TPSA) is 59.1 Å². The number of nitrogens with zero attached hydrogens (tertiary/aromatic N) is 1. The smallest absolute Gasteiger partial charge is 0.130 e. The lowest BCUT2D eigenvalue weighted by molar-refractivity contribution is 0.476. The third-order valence-corrected chi connectivity index (χ3v) is 4.00. The molecule has 1 aromatic carbocycles. The third-order valence-electron chi connectivity index (χ3n) is 1.94. The maximum Gasteiger partial charge on any atom is 0.130 e. The first-order valence-electron chi connectivity index (χ1n) is 4.77. The summed E-state index contributed by atoms with van der Waals surface area (Å²) in [7, 11) is 0. The van der Waals surface area contributed by atoms with Gasteiger partial charge in [-0.05, 0) is 25.1 Å². The summed E-state index contributed by atoms with van der Waals surface area (Å²) in [5, 5.41) is 10.2. The molecule has 0 aliphatic carbocycles. The van der Waals surface area contributed by atoms with E-state index in [1.807, 2.05) is 6.92 Å². The lowest BCUT2D eigenvalue weighted by atomic mass is 10.3. The molecule has 1 unspecified atom stereocenters. The summed E-state index contributed by atoms with van der Waals surface area (Å²) in [6.07, 6.45) is 0. The van der Waals surface area contributed by atoms with Crippen molar-refractivity contribution in [2.24, 2.45) is 5.73 Å². The number of phenols is 1. The summed E-state index contributed by atoms with van der Waals surface area (Å²) >= 11 is 3.01. The van der Waals surface area contributed by atoms with Crippen LogP contribution >= 0.6 is 23.1 Å². The highest BCUT2D eigenvalue weighted by molar-refractivity contribution is 8.08. The van der Waals surface area contributed by atoms with Gasteiger partial charge < -0.3 is 10.8 Å². The number of fused-ring (bicyclic) bond motifs is 1. The van der Waals surface area contributed by atoms with Crippen LogP contribution in [0.2, 0.25) is 0 Å². The van der Waals surface area contributed by atoms with E-state index in [9.17, 15) is 5.11 Å². The number of thioether (sulfide) groups is 1. The Morgan fingerprint density at radius 1 is 1.62 bits per heavy atom. The number of hydrogen-bond donors (Lipinski definition) is 2. The predicted molar refractivity (Wildman–Crippen MR) is 71.6 cm³/mol. The molecule has 0 saturated carbocycles. The van der Waals surface area contributed by atoms with E-state index in [0.717, 1.165) is 20.1 Å². The second-order valence-electron chi connectivity index (χ2n) is 3.42. The molecule has 0 fully saturated rings. The van der Waals surface area contributed by atoms with E-state index >= 15 is 0 Å². The molecule has 84 valence electrons. The van der Waals surface area contributed by atoms with Gasteiger partial charge in [0.25, 0.3) is 0 Å². The molecule has 0 aliphatic rings. The minimum Gasteiger partial charge on any atom is -0.508 e. The fourth-order valence-corrected chi connectivity index (χ4v) is 3.04. The van der Waals surface area contributed by atoms with Gasteiger partial charge in [0, 0.05) is 4.91 Å². The number of thiazole rings is 1. The molecule has 0 saturated heterocycles. The molecule has 0 amide bonds. The Labute approximate surface area is 102 Å². The average Bonchev–Trinajstić information content (AvgIpc) is 2.59. The van der Waals surface area contributed by atoms with Gasteiger partial charge in [0.15, 0.2) is 0 Å². The Hall–Kier alpha value is -1.04. The Morgan fingerprint density at radius 2 is 2.38 bits per heavy atom. The summed E-state index contributed by atoms with van der Waals surface area (Å²) in [5.74, 6) is 0.258. The van der Waals surface area contributed by atoms with E-state index in [1.165, 1.54) is 23.1 Å². The quantitative estimate of drug-likeness (QED) is 0.824. The van der Waals surface area contributed by atoms with Crippen molar-refractivity contribution in [2.45, 2.75) is 12.3 Å². The van der Waals surface area contributed by atoms with Crippen LogP contribution < -0.4 is 5.73 Å². The van der Waals surface area contributed by atoms with E-state index in [4.69, 9.17) is 5.73 Å². The first-order chi connectivity index (χ1) is 7.56. The van der Waals surface area contributed by atoms with Crippen LogP contribution in [-0.4, -0.2) is 15.5 Å². The van der Waals surface area contributed by atoms with Crippen molar-refractivity contribution in [1.82, 2.24) is 4.98 Å². The maximum absolute atomic E-state index is 9.35. The summed E-state index contributed by atoms with van der Waals surface area (Å²) in [5.41, 5.74) is 6.57. The van der Waals surface area contributed by atoms with E-state index in [2.05, 4.69) is 11.6 Å². The Bertz CT molecular complexity index is 534. The zero-order valence-electron chi connectivity index (χ0n) is 8.80. The van der Waals surface area contributed by atoms with Crippen LogP contribution in [0.15, 0.2) is 24.8 Å². The van der Waals surface area contributed by atoms with Crippen LogP contribution in [0.3, 0.4) is 0 Å². The summed E-state index contributed by atoms with van der Waals surface area (Å²) < 4.78 is 0.960. The van der Waals surface area contributed by atoms with Crippen molar-refractivity contribution in [2.75, 3.05) is 0 Å². The van der Waals surface area contributed by atoms with Crippen LogP contribution in [-0.2, 0) is 0 Å². The highest BCUT2D eigenvalue weighted by Gasteiger charge is 2.09. The third kappa shape index (κ3) is 2.37. The molecule has 1 aromatic heterocycles. The standard InChI is InChI=1S/C11H12N2OS2/c1-6(15-7(2)12)11-13-9-4-3-8(14)5-10(9)16-11/h3-5,7,14H,1,12H2,2H3. The first kappa shape index (κ1) is 11.4. The van der Waals surface area contributed by atoms with E-state index in [-0.39, 0.29) is 11.1 Å². The van der Waals surface area contributed by atoms with E-state index < -0.39 is 0 Å². The fourth-order valence-electron chi connectivity index (χ4n) is 1.31. The lowest BCUT2D eigenvalue weighted by Gasteiger charge is -2.04. The van der Waals surface area contributed by atoms with Gasteiger partial charge in [-0.15, -0.1) is 23.1 Å². The maximum atomic E-state index is 9.35. The van der Waals surface area contributed by atoms with Crippen LogP contribution in [0.25, 0.3) is 15.1 Å². The van der Waals surface area contributed by atoms with Gasteiger partial charge >= 0.3 is 0 Å². The monoisotopic (exact) mass is 252 g/mol. The zero-order chi connectivity index (χ0) is 11.7. The van der Waals surface area contributed by atoms with Gasteiger partial charge in [0.1, 0.15) is 10.8 Å². The normalized spacial score (nSPS) is 12.9. The minimum atomic E-state index is 0.00733. The highest BCUT2D eigenvalue weighted by Crippen LogP contribution is 2.34. The summed E-state index contributed by atoms with van der Waals surface area (Å²) in [4.78, 5) is 5.31. The second-order valence-corrected chi connectivity index (χ2v) is 5.92. The Morgan fingerprint density at radius 3 is 3.06 bits per heavy atom. The predicted octanol–water partition coefficient (Wildman–Crippen LogP) is 3.01. The van der Waals surface area contributed by atoms with Crippen LogP contribution in [0.4, 0.5) is 0 Å². The SMILES string of the molecule is C=C(SC(C)N)c1nc2ccc(O)cc2s1. The molecule has 1 atom stereocenters. The number of phenolic OH excluding ortho intramolecular Hbond substituents is 1. The van der Waals surface area contributed by atoms with Crippen molar-refractivity contribution in [1.29, 1.82) is 0 Å². The fraction of sp³-hybridized carbons (Fsp3) is 0.182. The molecule has 0 aliphatic heterocycles. The van der Waals surface area contributed by atoms with Crippen molar-refractivity contribution >= 4 is 38.2 Å². The lowest BCUT2D eigenvalue weighted by Crippen LogP contribution is -2.08. The molecular weight excluding hydrogens is 240 g/mol. The molecule has 3 nitrogen and oxygen atoms in total. The summed E-state index contributed by atoms with van der Waals surface area (Å²) in [6.45, 7) is 5.86. The molecular formula is C11H12N2OS2. The molecule has 3 N–H and O–H groups in total. The Balaban J connectivity index is 2.36. The number of aromatic nitrogens is 1. The number of aromatic hydroxyl groups is 1. The largest absolute Gasteiger partial charge is 0.508 e. The second kappa shape index (κ2) is 4.45. The van der Waals surface area contributed by atoms with Gasteiger partial charge in [-0.1, -0.05) is 6.58 Å². The zero-order valence-corrected chi connectivity index (χ0v) is 10.4. The van der Waals surface area contributed by atoms with Crippen molar-refractivity contribution in [3.8, 4) is 5.75 Å². The molecule has 0 spiro atoms. The number of benzene rings is 1. The van der Waals surface area contributed by atoms with Gasteiger partial charge in [-0.25, -0.2) is 4.98 Å². The molecule has 0 radical (unpaired) electrons. The minimum absolute atomic E-state index is 0.00733. The van der Waals surface area contributed by atoms with Crippen LogP contribution in [0, 0.1) is 0 Å². The molecule has 16 heavy (non-hydrogen) atoms. The number of rotatable bonds is 3. The molecule has 1 heterocycles. The van der Waals surface area contributed by atoms with Crippen molar-refractivity contribution in [3.63, 3.8) is 0 Å². The van der Waals surface area contributed by atoms with Crippen LogP contribution in [0.5, 0.6) is 5.75 Å². The van der Waals surface area contributed by atoms with E-state index in [1.54, 1.807) is 18.2 Å². The van der Waals surface area contributed by atoms with Crippen molar-refractivity contribution in [3.05, 3.63) is 29.8 Å². The van der Waals surface area contributed by atoms with Gasteiger partial charge in [-0.2, -0.15) is 0 Å². The van der Waals surface area contributed by atoms with Gasteiger partial charge in [0.05, 0.1) is 15.6 Å². The number of nitrogens with two attached hydrogens (primary N) is 1. The van der Waals surface area contributed by atoms with Crippen molar-refractivity contribution < 1.29 is 5.11 Å². The van der Waals surface area contributed by atoms with Crippen LogP contribution in [0.1, 0.15) is 11.9 Å².